The van der Waals surface area contributed by atoms with Crippen LogP contribution in [0.5, 0.6) is 0 Å². The molecule has 0 unspecified atom stereocenters. The summed E-state index contributed by atoms with van der Waals surface area (Å²) in [5.74, 6) is 0.395. The molecule has 5 nitrogen and oxygen atoms in total. The van der Waals surface area contributed by atoms with Gasteiger partial charge in [-0.2, -0.15) is 5.10 Å². The first kappa shape index (κ1) is 10.0. The van der Waals surface area contributed by atoms with E-state index in [0.29, 0.717) is 17.9 Å². The molecule has 0 saturated heterocycles. The van der Waals surface area contributed by atoms with Gasteiger partial charge in [-0.15, -0.1) is 0 Å². The fourth-order valence-corrected chi connectivity index (χ4v) is 1.87. The molecular weight excluding hydrogens is 190 g/mol. The van der Waals surface area contributed by atoms with Crippen molar-refractivity contribution in [1.29, 1.82) is 0 Å². The van der Waals surface area contributed by atoms with Crippen LogP contribution < -0.4 is 5.73 Å². The quantitative estimate of drug-likeness (QED) is 0.751. The molecule has 0 atom stereocenters. The van der Waals surface area contributed by atoms with Crippen molar-refractivity contribution in [1.82, 2.24) is 9.78 Å². The molecule has 0 aliphatic heterocycles. The summed E-state index contributed by atoms with van der Waals surface area (Å²) >= 11 is 0. The highest BCUT2D eigenvalue weighted by Gasteiger charge is 2.11. The first-order valence-electron chi connectivity index (χ1n) is 3.92. The second-order valence-corrected chi connectivity index (χ2v) is 5.08. The van der Waals surface area contributed by atoms with E-state index in [4.69, 9.17) is 5.73 Å². The highest BCUT2D eigenvalue weighted by molar-refractivity contribution is 7.89. The van der Waals surface area contributed by atoms with Gasteiger partial charge in [-0.25, -0.2) is 8.42 Å². The molecule has 1 rings (SSSR count). The van der Waals surface area contributed by atoms with Gasteiger partial charge in [0.1, 0.15) is 5.82 Å². The fourth-order valence-electron chi connectivity index (χ4n) is 1.08. The largest absolute Gasteiger partial charge is 0.384 e. The lowest BCUT2D eigenvalue weighted by atomic mass is 10.4. The third kappa shape index (κ3) is 2.45. The van der Waals surface area contributed by atoms with Crippen molar-refractivity contribution >= 4 is 15.7 Å². The Kier molecular flexibility index (Phi) is 2.60. The van der Waals surface area contributed by atoms with Gasteiger partial charge in [-0.1, -0.05) is 0 Å². The Morgan fingerprint density at radius 3 is 2.62 bits per heavy atom. The van der Waals surface area contributed by atoms with Crippen LogP contribution in [0.1, 0.15) is 12.5 Å². The van der Waals surface area contributed by atoms with E-state index in [9.17, 15) is 8.42 Å². The molecule has 0 radical (unpaired) electrons. The SMILES string of the molecule is CCn1ncc(CS(C)(=O)=O)c1N. The highest BCUT2D eigenvalue weighted by Crippen LogP contribution is 2.13. The van der Waals surface area contributed by atoms with Crippen LogP contribution in [0.15, 0.2) is 6.20 Å². The van der Waals surface area contributed by atoms with Gasteiger partial charge < -0.3 is 5.73 Å². The van der Waals surface area contributed by atoms with Crippen LogP contribution in [-0.4, -0.2) is 24.5 Å². The van der Waals surface area contributed by atoms with E-state index in [0.717, 1.165) is 0 Å². The van der Waals surface area contributed by atoms with Crippen LogP contribution in [0.25, 0.3) is 0 Å². The van der Waals surface area contributed by atoms with Gasteiger partial charge in [0.05, 0.1) is 11.9 Å². The zero-order valence-corrected chi connectivity index (χ0v) is 8.50. The van der Waals surface area contributed by atoms with Gasteiger partial charge in [-0.3, -0.25) is 4.68 Å². The molecule has 1 aromatic rings. The van der Waals surface area contributed by atoms with E-state index in [-0.39, 0.29) is 5.75 Å². The molecule has 13 heavy (non-hydrogen) atoms. The summed E-state index contributed by atoms with van der Waals surface area (Å²) in [6, 6.07) is 0. The first-order valence-corrected chi connectivity index (χ1v) is 5.98. The lowest BCUT2D eigenvalue weighted by Gasteiger charge is -2.00. The number of rotatable bonds is 3. The zero-order chi connectivity index (χ0) is 10.1. The number of anilines is 1. The Morgan fingerprint density at radius 2 is 2.23 bits per heavy atom. The predicted octanol–water partition coefficient (Wildman–Crippen LogP) is 0.0298. The molecule has 1 aromatic heterocycles. The number of nitrogens with two attached hydrogens (primary N) is 1. The maximum absolute atomic E-state index is 11.0. The van der Waals surface area contributed by atoms with Crippen LogP contribution >= 0.6 is 0 Å². The van der Waals surface area contributed by atoms with Gasteiger partial charge in [0.2, 0.25) is 0 Å². The lowest BCUT2D eigenvalue weighted by Crippen LogP contribution is -2.06. The molecule has 0 aromatic carbocycles. The Morgan fingerprint density at radius 1 is 1.62 bits per heavy atom. The van der Waals surface area contributed by atoms with Crippen LogP contribution in [0.2, 0.25) is 0 Å². The summed E-state index contributed by atoms with van der Waals surface area (Å²) in [5, 5.41) is 3.95. The average molecular weight is 203 g/mol. The number of aromatic nitrogens is 2. The lowest BCUT2D eigenvalue weighted by molar-refractivity contribution is 0.601. The van der Waals surface area contributed by atoms with E-state index in [2.05, 4.69) is 5.10 Å². The van der Waals surface area contributed by atoms with Gasteiger partial charge in [0.25, 0.3) is 0 Å². The van der Waals surface area contributed by atoms with Gasteiger partial charge in [-0.05, 0) is 6.92 Å². The second-order valence-electron chi connectivity index (χ2n) is 2.94. The summed E-state index contributed by atoms with van der Waals surface area (Å²) in [4.78, 5) is 0. The summed E-state index contributed by atoms with van der Waals surface area (Å²) in [7, 11) is -3.03. The third-order valence-corrected chi connectivity index (χ3v) is 2.51. The van der Waals surface area contributed by atoms with E-state index in [1.54, 1.807) is 4.68 Å². The molecule has 1 heterocycles. The van der Waals surface area contributed by atoms with Crippen LogP contribution in [0.4, 0.5) is 5.82 Å². The summed E-state index contributed by atoms with van der Waals surface area (Å²) in [5.41, 5.74) is 6.23. The number of aryl methyl sites for hydroxylation is 1. The molecule has 0 saturated carbocycles. The minimum Gasteiger partial charge on any atom is -0.384 e. The minimum atomic E-state index is -3.03. The summed E-state index contributed by atoms with van der Waals surface area (Å²) in [6.07, 6.45) is 2.68. The maximum Gasteiger partial charge on any atom is 0.151 e. The summed E-state index contributed by atoms with van der Waals surface area (Å²) in [6.45, 7) is 2.54. The van der Waals surface area contributed by atoms with Crippen molar-refractivity contribution in [2.45, 2.75) is 19.2 Å². The second kappa shape index (κ2) is 3.37. The number of nitrogen functional groups attached to an aromatic ring is 1. The molecule has 0 amide bonds. The van der Waals surface area contributed by atoms with Crippen molar-refractivity contribution in [3.63, 3.8) is 0 Å². The molecule has 74 valence electrons. The standard InChI is InChI=1S/C7H13N3O2S/c1-3-10-7(8)6(4-9-10)5-13(2,11)12/h4H,3,5,8H2,1-2H3. The van der Waals surface area contributed by atoms with Crippen LogP contribution in [0, 0.1) is 0 Å². The topological polar surface area (TPSA) is 78.0 Å². The Hall–Kier alpha value is -1.04. The van der Waals surface area contributed by atoms with E-state index >= 15 is 0 Å². The van der Waals surface area contributed by atoms with E-state index in [1.807, 2.05) is 6.92 Å². The Bertz CT molecular complexity index is 394. The highest BCUT2D eigenvalue weighted by atomic mass is 32.2. The number of nitrogens with zero attached hydrogens (tertiary/aromatic N) is 2. The van der Waals surface area contributed by atoms with Gasteiger partial charge in [0, 0.05) is 18.4 Å². The van der Waals surface area contributed by atoms with Gasteiger partial charge in [0.15, 0.2) is 9.84 Å². The monoisotopic (exact) mass is 203 g/mol. The minimum absolute atomic E-state index is 0.0428. The smallest absolute Gasteiger partial charge is 0.151 e. The zero-order valence-electron chi connectivity index (χ0n) is 7.69. The normalized spacial score (nSPS) is 11.8. The third-order valence-electron chi connectivity index (χ3n) is 1.68. The van der Waals surface area contributed by atoms with Crippen LogP contribution in [-0.2, 0) is 22.1 Å². The fraction of sp³-hybridized carbons (Fsp3) is 0.571. The maximum atomic E-state index is 11.0. The molecule has 0 fully saturated rings. The molecule has 2 N–H and O–H groups in total. The van der Waals surface area contributed by atoms with Crippen molar-refractivity contribution < 1.29 is 8.42 Å². The van der Waals surface area contributed by atoms with Gasteiger partial charge >= 0.3 is 0 Å². The predicted molar refractivity (Wildman–Crippen MR) is 50.9 cm³/mol. The number of hydrogen-bond donors (Lipinski definition) is 1. The summed E-state index contributed by atoms with van der Waals surface area (Å²) < 4.78 is 23.5. The van der Waals surface area contributed by atoms with Crippen molar-refractivity contribution in [3.05, 3.63) is 11.8 Å². The molecular formula is C7H13N3O2S. The van der Waals surface area contributed by atoms with Crippen molar-refractivity contribution in [3.8, 4) is 0 Å². The average Bonchev–Trinajstić information content (AvgIpc) is 2.30. The molecule has 0 spiro atoms. The van der Waals surface area contributed by atoms with E-state index in [1.165, 1.54) is 12.5 Å². The molecule has 6 heteroatoms. The molecule has 0 aliphatic rings. The number of hydrogen-bond acceptors (Lipinski definition) is 4. The van der Waals surface area contributed by atoms with Crippen molar-refractivity contribution in [2.24, 2.45) is 0 Å². The Balaban J connectivity index is 2.97. The van der Waals surface area contributed by atoms with Crippen LogP contribution in [0.3, 0.4) is 0 Å². The first-order chi connectivity index (χ1) is 5.94. The molecule has 0 bridgehead atoms. The van der Waals surface area contributed by atoms with Crippen molar-refractivity contribution in [2.75, 3.05) is 12.0 Å². The Labute approximate surface area is 77.5 Å². The van der Waals surface area contributed by atoms with E-state index < -0.39 is 9.84 Å². The molecule has 0 aliphatic carbocycles. The number of sulfone groups is 1.